The Labute approximate surface area is 619 Å². The van der Waals surface area contributed by atoms with E-state index in [1.165, 1.54) is 109 Å². The van der Waals surface area contributed by atoms with Gasteiger partial charge in [-0.3, -0.25) is 0 Å². The van der Waals surface area contributed by atoms with Crippen LogP contribution in [0.25, 0.3) is 144 Å². The van der Waals surface area contributed by atoms with Crippen molar-refractivity contribution in [2.24, 2.45) is 0 Å². The van der Waals surface area contributed by atoms with E-state index < -0.39 is 0 Å². The summed E-state index contributed by atoms with van der Waals surface area (Å²) < 4.78 is 13.7. The van der Waals surface area contributed by atoms with Gasteiger partial charge in [0.25, 0.3) is 0 Å². The Bertz CT molecular complexity index is 5700. The molecule has 2 aliphatic carbocycles. The molecule has 0 saturated carbocycles. The van der Waals surface area contributed by atoms with Gasteiger partial charge in [-0.15, -0.1) is 0 Å². The van der Waals surface area contributed by atoms with E-state index in [-0.39, 0.29) is 82.0 Å². The summed E-state index contributed by atoms with van der Waals surface area (Å²) in [6, 6.07) is 95.0. The van der Waals surface area contributed by atoms with Gasteiger partial charge < -0.3 is 10.7 Å². The molecule has 9 heteroatoms. The van der Waals surface area contributed by atoms with Crippen LogP contribution in [0.2, 0.25) is 0 Å². The van der Waals surface area contributed by atoms with Gasteiger partial charge in [0.15, 0.2) is 11.6 Å². The van der Waals surface area contributed by atoms with Crippen LogP contribution in [0, 0.1) is 0 Å². The number of halogens is 1. The minimum absolute atomic E-state index is 0. The predicted molar refractivity (Wildman–Crippen MR) is 405 cm³/mol. The summed E-state index contributed by atoms with van der Waals surface area (Å²) in [5.74, 6) is 1.53. The molecule has 3 heterocycles. The number of hydrogen-bond acceptors (Lipinski definition) is 6. The van der Waals surface area contributed by atoms with Crippen LogP contribution in [0.4, 0.5) is 0 Å². The normalized spacial score (nSPS) is 15.0. The second kappa shape index (κ2) is 24.2. The third-order valence-electron chi connectivity index (χ3n) is 21.0. The van der Waals surface area contributed by atoms with Crippen molar-refractivity contribution in [3.8, 4) is 78.9 Å². The van der Waals surface area contributed by atoms with Gasteiger partial charge in [0.2, 0.25) is 0 Å². The number of nitrogens with zero attached hydrogens (tertiary/aromatic N) is 4. The molecule has 0 amide bonds. The molecule has 16 aromatic rings. The largest absolute Gasteiger partial charge is 1.00 e. The van der Waals surface area contributed by atoms with E-state index >= 15 is 0 Å². The van der Waals surface area contributed by atoms with E-state index in [4.69, 9.17) is 29.2 Å². The van der Waals surface area contributed by atoms with E-state index in [1.807, 2.05) is 24.3 Å². The van der Waals surface area contributed by atoms with Crippen molar-refractivity contribution in [3.63, 3.8) is 0 Å². The Hall–Kier alpha value is -8.58. The van der Waals surface area contributed by atoms with Crippen molar-refractivity contribution < 1.29 is 62.1 Å². The Kier molecular flexibility index (Phi) is 15.7. The van der Waals surface area contributed by atoms with Gasteiger partial charge in [-0.1, -0.05) is 298 Å². The third kappa shape index (κ3) is 10.5. The summed E-state index contributed by atoms with van der Waals surface area (Å²) in [6.07, 6.45) is 0. The molecule has 14 aromatic carbocycles. The number of fused-ring (bicyclic) bond motifs is 6. The summed E-state index contributed by atoms with van der Waals surface area (Å²) in [6.45, 7) is 17.5. The van der Waals surface area contributed by atoms with Gasteiger partial charge in [0.1, 0.15) is 0 Å². The molecular weight excluding hydrogens is 1270 g/mol. The number of aromatic nitrogens is 4. The molecule has 1 saturated heterocycles. The first-order chi connectivity index (χ1) is 46.5. The van der Waals surface area contributed by atoms with Crippen molar-refractivity contribution in [1.29, 1.82) is 0 Å². The SMILES string of the molecule is CC1(C)OB(c2ccc3ccc4cccc5ccc2c3c45)OC1(C)C.CC1(C)c2ccccc2-c2nc(-c3ccccc3)nc(-c3ccc(-c4ccc5ccc6cccc7ccc4c5c67)cc3)c21.CC1(C)c2ccccc2-c2nc(-c3ccccc3)nc(-c3ccc(Br)cc3)c21.[H-].[K+]. The Morgan fingerprint density at radius 3 is 1.14 bits per heavy atom. The number of benzene rings is 14. The second-order valence-corrected chi connectivity index (χ2v) is 28.9. The summed E-state index contributed by atoms with van der Waals surface area (Å²) in [5, 5.41) is 15.5. The van der Waals surface area contributed by atoms with Crippen LogP contribution in [-0.4, -0.2) is 38.3 Å². The molecule has 1 aliphatic heterocycles. The van der Waals surface area contributed by atoms with Crippen LogP contribution >= 0.6 is 15.9 Å². The standard InChI is InChI=1S/C41H28N2.C25H19BrN2.C22H21BO2.K.H/c1-41(2)34-14-7-6-13-33(34)39-37(41)38(42-40(43-39)30-9-4-3-5-10-30)29-19-15-25(16-20-29)31-23-21-28-18-17-26-11-8-12-27-22-24-32(31)36(28)35(26)27;1-25(2)20-11-7-6-10-19(20)23-21(25)22(16-12-14-18(26)15-13-16)27-24(28-23)17-8-4-3-5-9-17;1-21(2)22(3,4)25-23(24-21)18-13-11-16-9-8-14-6-5-7-15-10-12-17(18)20(16)19(14)15;;/h3-24H,1-2H3;3-15H,1-2H3;5-13H,1-4H3;;/q;;;+1;-1. The molecule has 0 unspecified atom stereocenters. The molecule has 97 heavy (non-hydrogen) atoms. The Balaban J connectivity index is 0.000000125. The zero-order chi connectivity index (χ0) is 65.4. The summed E-state index contributed by atoms with van der Waals surface area (Å²) >= 11 is 3.54. The first-order valence-corrected chi connectivity index (χ1v) is 34.0. The molecule has 2 aromatic heterocycles. The second-order valence-electron chi connectivity index (χ2n) is 28.0. The van der Waals surface area contributed by atoms with Gasteiger partial charge >= 0.3 is 58.5 Å². The fourth-order valence-electron chi connectivity index (χ4n) is 15.4. The molecule has 6 nitrogen and oxygen atoms in total. The van der Waals surface area contributed by atoms with Gasteiger partial charge in [-0.2, -0.15) is 0 Å². The van der Waals surface area contributed by atoms with Crippen LogP contribution in [0.3, 0.4) is 0 Å². The average molecular weight is 1340 g/mol. The Morgan fingerprint density at radius 1 is 0.309 bits per heavy atom. The maximum absolute atomic E-state index is 6.32. The zero-order valence-corrected chi connectivity index (χ0v) is 60.7. The molecule has 0 radical (unpaired) electrons. The van der Waals surface area contributed by atoms with Crippen LogP contribution in [0.1, 0.15) is 79.1 Å². The van der Waals surface area contributed by atoms with Crippen molar-refractivity contribution in [1.82, 2.24) is 19.9 Å². The molecule has 0 N–H and O–H groups in total. The van der Waals surface area contributed by atoms with E-state index in [1.54, 1.807) is 0 Å². The maximum Gasteiger partial charge on any atom is 1.00 e. The van der Waals surface area contributed by atoms with Gasteiger partial charge in [0.05, 0.1) is 34.0 Å². The first-order valence-electron chi connectivity index (χ1n) is 33.2. The smallest absolute Gasteiger partial charge is 1.00 e. The van der Waals surface area contributed by atoms with Crippen LogP contribution < -0.4 is 56.8 Å². The van der Waals surface area contributed by atoms with Crippen LogP contribution in [-0.2, 0) is 20.1 Å². The molecule has 0 bridgehead atoms. The number of rotatable bonds is 6. The Morgan fingerprint density at radius 2 is 0.670 bits per heavy atom. The maximum atomic E-state index is 6.32. The monoisotopic (exact) mass is 1340 g/mol. The molecule has 0 spiro atoms. The van der Waals surface area contributed by atoms with Crippen molar-refractivity contribution in [2.75, 3.05) is 0 Å². The van der Waals surface area contributed by atoms with E-state index in [2.05, 4.69) is 314 Å². The van der Waals surface area contributed by atoms with Crippen LogP contribution in [0.15, 0.2) is 271 Å². The van der Waals surface area contributed by atoms with Gasteiger partial charge in [-0.05, 0) is 132 Å². The van der Waals surface area contributed by atoms with Crippen molar-refractivity contribution >= 4 is 93.1 Å². The minimum atomic E-state index is -0.338. The van der Waals surface area contributed by atoms with E-state index in [9.17, 15) is 0 Å². The molecule has 464 valence electrons. The first kappa shape index (κ1) is 63.2. The van der Waals surface area contributed by atoms with Crippen LogP contribution in [0.5, 0.6) is 0 Å². The fraction of sp³-hybridized carbons (Fsp3) is 0.136. The number of hydrogen-bond donors (Lipinski definition) is 0. The summed E-state index contributed by atoms with van der Waals surface area (Å²) in [5.41, 5.74) is 18.4. The quantitative estimate of drug-likeness (QED) is 0.122. The summed E-state index contributed by atoms with van der Waals surface area (Å²) in [4.78, 5) is 20.5. The third-order valence-corrected chi connectivity index (χ3v) is 21.6. The average Bonchev–Trinajstić information content (AvgIpc) is 0.841. The molecular formula is C88H69BBrKN4O2. The predicted octanol–water partition coefficient (Wildman–Crippen LogP) is 19.6. The molecule has 3 aliphatic rings. The minimum Gasteiger partial charge on any atom is -1.00 e. The van der Waals surface area contributed by atoms with E-state index in [0.29, 0.717) is 0 Å². The van der Waals surface area contributed by atoms with Crippen molar-refractivity contribution in [3.05, 3.63) is 294 Å². The topological polar surface area (TPSA) is 70.0 Å². The van der Waals surface area contributed by atoms with E-state index in [0.717, 1.165) is 66.6 Å². The molecule has 19 rings (SSSR count). The summed E-state index contributed by atoms with van der Waals surface area (Å²) in [7, 11) is -0.338. The molecule has 1 fully saturated rings. The van der Waals surface area contributed by atoms with Crippen molar-refractivity contribution in [2.45, 2.75) is 77.4 Å². The zero-order valence-electron chi connectivity index (χ0n) is 57.0. The molecule has 0 atom stereocenters. The van der Waals surface area contributed by atoms with Gasteiger partial charge in [-0.25, -0.2) is 19.9 Å². The fourth-order valence-corrected chi connectivity index (χ4v) is 15.7. The van der Waals surface area contributed by atoms with Gasteiger partial charge in [0, 0.05) is 59.8 Å².